The third kappa shape index (κ3) is 2.74. The van der Waals surface area contributed by atoms with Crippen molar-refractivity contribution in [3.8, 4) is 22.3 Å². The van der Waals surface area contributed by atoms with Gasteiger partial charge in [-0.2, -0.15) is 18.3 Å². The summed E-state index contributed by atoms with van der Waals surface area (Å²) in [6, 6.07) is 8.34. The van der Waals surface area contributed by atoms with Crippen molar-refractivity contribution in [2.45, 2.75) is 38.1 Å². The second-order valence-electron chi connectivity index (χ2n) is 8.41. The number of aromatic nitrogens is 2. The summed E-state index contributed by atoms with van der Waals surface area (Å²) in [5.41, 5.74) is 2.09. The van der Waals surface area contributed by atoms with Crippen molar-refractivity contribution in [3.63, 3.8) is 0 Å². The van der Waals surface area contributed by atoms with E-state index in [1.165, 1.54) is 36.5 Å². The van der Waals surface area contributed by atoms with Crippen molar-refractivity contribution in [3.05, 3.63) is 65.5 Å². The molecular weight excluding hydrogens is 395 g/mol. The lowest BCUT2D eigenvalue weighted by molar-refractivity contribution is -0.246. The van der Waals surface area contributed by atoms with E-state index < -0.39 is 23.2 Å². The maximum atomic E-state index is 14.1. The number of rotatable bonds is 2. The molecule has 3 aromatic rings. The van der Waals surface area contributed by atoms with Crippen molar-refractivity contribution in [1.82, 2.24) is 9.78 Å². The molecule has 1 amide bonds. The van der Waals surface area contributed by atoms with Crippen LogP contribution < -0.4 is 5.73 Å². The Bertz CT molecular complexity index is 1180. The van der Waals surface area contributed by atoms with Gasteiger partial charge in [0.15, 0.2) is 0 Å². The second kappa shape index (κ2) is 6.18. The number of benzene rings is 2. The fourth-order valence-electron chi connectivity index (χ4n) is 3.88. The fraction of sp³-hybridized carbons (Fsp3) is 0.273. The number of amides is 1. The SMILES string of the molecule is CC(C)(C)n1cc(-c2cc(C(N)=O)c3c(c2)C(O)(C(F)(F)F)c2ccccc2-3)cn1. The number of fused-ring (bicyclic) bond motifs is 3. The van der Waals surface area contributed by atoms with Crippen molar-refractivity contribution in [1.29, 1.82) is 0 Å². The minimum absolute atomic E-state index is 0.00453. The van der Waals surface area contributed by atoms with E-state index in [4.69, 9.17) is 5.73 Å². The number of aliphatic hydroxyl groups is 1. The van der Waals surface area contributed by atoms with Crippen molar-refractivity contribution in [2.24, 2.45) is 5.73 Å². The normalized spacial score (nSPS) is 18.2. The number of nitrogens with zero attached hydrogens (tertiary/aromatic N) is 2. The van der Waals surface area contributed by atoms with E-state index in [1.807, 2.05) is 20.8 Å². The molecule has 156 valence electrons. The summed E-state index contributed by atoms with van der Waals surface area (Å²) >= 11 is 0. The Kier molecular flexibility index (Phi) is 4.15. The van der Waals surface area contributed by atoms with Crippen LogP contribution in [0.15, 0.2) is 48.8 Å². The predicted octanol–water partition coefficient (Wildman–Crippen LogP) is 4.18. The van der Waals surface area contributed by atoms with Gasteiger partial charge in [0.2, 0.25) is 11.5 Å². The van der Waals surface area contributed by atoms with Crippen LogP contribution in [0.25, 0.3) is 22.3 Å². The molecule has 1 aliphatic rings. The summed E-state index contributed by atoms with van der Waals surface area (Å²) in [5, 5.41) is 15.2. The smallest absolute Gasteiger partial charge is 0.372 e. The lowest BCUT2D eigenvalue weighted by atomic mass is 9.88. The average molecular weight is 415 g/mol. The van der Waals surface area contributed by atoms with E-state index in [2.05, 4.69) is 5.10 Å². The largest absolute Gasteiger partial charge is 0.425 e. The number of nitrogens with two attached hydrogens (primary N) is 1. The van der Waals surface area contributed by atoms with Crippen molar-refractivity contribution < 1.29 is 23.1 Å². The highest BCUT2D eigenvalue weighted by Crippen LogP contribution is 2.56. The van der Waals surface area contributed by atoms with Gasteiger partial charge < -0.3 is 10.8 Å². The molecule has 30 heavy (non-hydrogen) atoms. The van der Waals surface area contributed by atoms with Gasteiger partial charge in [-0.1, -0.05) is 24.3 Å². The van der Waals surface area contributed by atoms with Crippen LogP contribution in [0.5, 0.6) is 0 Å². The van der Waals surface area contributed by atoms with Gasteiger partial charge in [0, 0.05) is 34.0 Å². The minimum atomic E-state index is -5.00. The summed E-state index contributed by atoms with van der Waals surface area (Å²) in [6.07, 6.45) is -1.81. The van der Waals surface area contributed by atoms with E-state index in [9.17, 15) is 23.1 Å². The molecule has 0 bridgehead atoms. The molecule has 0 radical (unpaired) electrons. The maximum absolute atomic E-state index is 14.1. The lowest BCUT2D eigenvalue weighted by Gasteiger charge is -2.28. The zero-order chi connectivity index (χ0) is 22.1. The van der Waals surface area contributed by atoms with Gasteiger partial charge >= 0.3 is 6.18 Å². The molecule has 1 aromatic heterocycles. The number of halogens is 3. The van der Waals surface area contributed by atoms with Gasteiger partial charge in [0.1, 0.15) is 0 Å². The van der Waals surface area contributed by atoms with Gasteiger partial charge in [0.25, 0.3) is 0 Å². The van der Waals surface area contributed by atoms with Crippen LogP contribution >= 0.6 is 0 Å². The number of primary amides is 1. The molecule has 0 saturated heterocycles. The lowest BCUT2D eigenvalue weighted by Crippen LogP contribution is -2.41. The first-order chi connectivity index (χ1) is 13.9. The minimum Gasteiger partial charge on any atom is -0.372 e. The Morgan fingerprint density at radius 1 is 1.10 bits per heavy atom. The average Bonchev–Trinajstić information content (AvgIpc) is 3.24. The third-order valence-electron chi connectivity index (χ3n) is 5.39. The van der Waals surface area contributed by atoms with E-state index in [0.717, 1.165) is 0 Å². The Morgan fingerprint density at radius 2 is 1.77 bits per heavy atom. The van der Waals surface area contributed by atoms with Gasteiger partial charge in [-0.3, -0.25) is 9.48 Å². The highest BCUT2D eigenvalue weighted by Gasteiger charge is 2.61. The predicted molar refractivity (Wildman–Crippen MR) is 106 cm³/mol. The molecule has 2 aromatic carbocycles. The Labute approximate surface area is 170 Å². The summed E-state index contributed by atoms with van der Waals surface area (Å²) in [6.45, 7) is 5.79. The van der Waals surface area contributed by atoms with Crippen LogP contribution in [0.2, 0.25) is 0 Å². The van der Waals surface area contributed by atoms with Crippen LogP contribution in [0.4, 0.5) is 13.2 Å². The molecule has 0 spiro atoms. The topological polar surface area (TPSA) is 81.1 Å². The monoisotopic (exact) mass is 415 g/mol. The Morgan fingerprint density at radius 3 is 2.33 bits per heavy atom. The van der Waals surface area contributed by atoms with E-state index in [0.29, 0.717) is 11.1 Å². The van der Waals surface area contributed by atoms with Crippen molar-refractivity contribution >= 4 is 5.91 Å². The van der Waals surface area contributed by atoms with Crippen LogP contribution in [-0.4, -0.2) is 27.0 Å². The molecule has 0 fully saturated rings. The molecule has 1 atom stereocenters. The van der Waals surface area contributed by atoms with Crippen LogP contribution in [0.3, 0.4) is 0 Å². The molecule has 3 N–H and O–H groups in total. The molecule has 4 rings (SSSR count). The zero-order valence-corrected chi connectivity index (χ0v) is 16.6. The molecular formula is C22H20F3N3O2. The number of hydrogen-bond acceptors (Lipinski definition) is 3. The third-order valence-corrected chi connectivity index (χ3v) is 5.39. The fourth-order valence-corrected chi connectivity index (χ4v) is 3.88. The molecule has 5 nitrogen and oxygen atoms in total. The quantitative estimate of drug-likeness (QED) is 0.659. The second-order valence-corrected chi connectivity index (χ2v) is 8.41. The maximum Gasteiger partial charge on any atom is 0.425 e. The Balaban J connectivity index is 2.04. The van der Waals surface area contributed by atoms with E-state index >= 15 is 0 Å². The standard InChI is InChI=1S/C22H20F3N3O2/c1-20(2,3)28-11-13(10-27-28)12-8-15(19(26)29)18-14-6-4-5-7-16(14)21(30,17(18)9-12)22(23,24)25/h4-11,30H,1-3H3,(H2,26,29). The number of carbonyl (C=O) groups is 1. The van der Waals surface area contributed by atoms with Gasteiger partial charge in [-0.25, -0.2) is 0 Å². The molecule has 8 heteroatoms. The van der Waals surface area contributed by atoms with Crippen LogP contribution in [0.1, 0.15) is 42.3 Å². The number of alkyl halides is 3. The van der Waals surface area contributed by atoms with Gasteiger partial charge in [-0.15, -0.1) is 0 Å². The van der Waals surface area contributed by atoms with Crippen LogP contribution in [-0.2, 0) is 11.1 Å². The van der Waals surface area contributed by atoms with Crippen molar-refractivity contribution in [2.75, 3.05) is 0 Å². The first kappa shape index (κ1) is 20.2. The van der Waals surface area contributed by atoms with Gasteiger partial charge in [0.05, 0.1) is 11.7 Å². The molecule has 0 saturated carbocycles. The molecule has 1 unspecified atom stereocenters. The summed E-state index contributed by atoms with van der Waals surface area (Å²) in [4.78, 5) is 12.2. The molecule has 1 aliphatic carbocycles. The first-order valence-electron chi connectivity index (χ1n) is 9.28. The number of hydrogen-bond donors (Lipinski definition) is 2. The van der Waals surface area contributed by atoms with Gasteiger partial charge in [-0.05, 0) is 44.0 Å². The van der Waals surface area contributed by atoms with E-state index in [1.54, 1.807) is 16.9 Å². The Hall–Kier alpha value is -3.13. The summed E-state index contributed by atoms with van der Waals surface area (Å²) in [7, 11) is 0. The van der Waals surface area contributed by atoms with Crippen LogP contribution in [0, 0.1) is 0 Å². The molecule has 1 heterocycles. The first-order valence-corrected chi connectivity index (χ1v) is 9.28. The van der Waals surface area contributed by atoms with E-state index in [-0.39, 0.29) is 27.8 Å². The summed E-state index contributed by atoms with van der Waals surface area (Å²) < 4.78 is 44.1. The highest BCUT2D eigenvalue weighted by molar-refractivity contribution is 6.04. The molecule has 0 aliphatic heterocycles. The highest BCUT2D eigenvalue weighted by atomic mass is 19.4. The summed E-state index contributed by atoms with van der Waals surface area (Å²) in [5.74, 6) is -0.877. The zero-order valence-electron chi connectivity index (χ0n) is 16.6. The number of carbonyl (C=O) groups excluding carboxylic acids is 1.